The van der Waals surface area contributed by atoms with Gasteiger partial charge in [0.2, 0.25) is 0 Å². The van der Waals surface area contributed by atoms with Gasteiger partial charge in [0.05, 0.1) is 11.5 Å². The third kappa shape index (κ3) is 3.53. The topological polar surface area (TPSA) is 69.6 Å². The van der Waals surface area contributed by atoms with E-state index in [4.69, 9.17) is 9.47 Å². The normalized spacial score (nSPS) is 17.3. The molecule has 1 aliphatic heterocycles. The van der Waals surface area contributed by atoms with Crippen LogP contribution in [0.3, 0.4) is 0 Å². The molecule has 1 fully saturated rings. The van der Waals surface area contributed by atoms with E-state index in [0.717, 1.165) is 19.4 Å². The largest absolute Gasteiger partial charge is 0.483 e. The molecule has 1 unspecified atom stereocenters. The summed E-state index contributed by atoms with van der Waals surface area (Å²) in [5, 5.41) is 4.10. The zero-order valence-electron chi connectivity index (χ0n) is 13.1. The fourth-order valence-electron chi connectivity index (χ4n) is 2.70. The molecular formula is C17H20N2O4. The highest BCUT2D eigenvalue weighted by molar-refractivity contribution is 5.88. The lowest BCUT2D eigenvalue weighted by molar-refractivity contribution is -0.123. The number of carbonyl (C=O) groups excluding carboxylic acids is 1. The quantitative estimate of drug-likeness (QED) is 0.900. The van der Waals surface area contributed by atoms with Crippen LogP contribution in [0.5, 0.6) is 5.75 Å². The number of amides is 1. The highest BCUT2D eigenvalue weighted by Gasteiger charge is 2.16. The average molecular weight is 316 g/mol. The number of hydrogen-bond acceptors (Lipinski definition) is 4. The summed E-state index contributed by atoms with van der Waals surface area (Å²) in [7, 11) is 1.70. The Bertz CT molecular complexity index is 763. The summed E-state index contributed by atoms with van der Waals surface area (Å²) in [5.41, 5.74) is -0.0872. The molecule has 0 bridgehead atoms. The Kier molecular flexibility index (Phi) is 4.62. The van der Waals surface area contributed by atoms with Crippen LogP contribution in [0.1, 0.15) is 12.8 Å². The molecule has 1 amide bonds. The predicted octanol–water partition coefficient (Wildman–Crippen LogP) is 1.21. The third-order valence-corrected chi connectivity index (χ3v) is 3.99. The second kappa shape index (κ2) is 6.83. The van der Waals surface area contributed by atoms with Crippen LogP contribution in [0.2, 0.25) is 0 Å². The minimum atomic E-state index is -0.193. The molecule has 0 saturated carbocycles. The number of benzene rings is 1. The number of pyridine rings is 1. The van der Waals surface area contributed by atoms with Gasteiger partial charge in [-0.15, -0.1) is 0 Å². The first-order valence-electron chi connectivity index (χ1n) is 7.74. The second-order valence-corrected chi connectivity index (χ2v) is 5.68. The molecule has 3 rings (SSSR count). The molecule has 2 heterocycles. The molecular weight excluding hydrogens is 296 g/mol. The van der Waals surface area contributed by atoms with Crippen molar-refractivity contribution in [3.8, 4) is 5.75 Å². The summed E-state index contributed by atoms with van der Waals surface area (Å²) in [6.45, 7) is 1.20. The van der Waals surface area contributed by atoms with Crippen molar-refractivity contribution in [3.05, 3.63) is 40.8 Å². The van der Waals surface area contributed by atoms with Gasteiger partial charge in [0.1, 0.15) is 5.75 Å². The average Bonchev–Trinajstić information content (AvgIpc) is 3.08. The summed E-state index contributed by atoms with van der Waals surface area (Å²) >= 11 is 0. The molecule has 0 radical (unpaired) electrons. The molecule has 2 aromatic rings. The van der Waals surface area contributed by atoms with Gasteiger partial charge in [0.15, 0.2) is 6.61 Å². The monoisotopic (exact) mass is 316 g/mol. The van der Waals surface area contributed by atoms with Gasteiger partial charge < -0.3 is 19.4 Å². The van der Waals surface area contributed by atoms with Crippen LogP contribution in [-0.4, -0.2) is 36.3 Å². The van der Waals surface area contributed by atoms with E-state index in [2.05, 4.69) is 5.32 Å². The van der Waals surface area contributed by atoms with Crippen molar-refractivity contribution >= 4 is 16.7 Å². The van der Waals surface area contributed by atoms with Crippen molar-refractivity contribution in [3.63, 3.8) is 0 Å². The fraction of sp³-hybridized carbons (Fsp3) is 0.412. The lowest BCUT2D eigenvalue weighted by Crippen LogP contribution is -2.35. The molecule has 6 heteroatoms. The SMILES string of the molecule is Cn1ccc2c(OCC(=O)NCC3CCCO3)cccc2c1=O. The van der Waals surface area contributed by atoms with Gasteiger partial charge in [0, 0.05) is 31.8 Å². The molecule has 1 aromatic heterocycles. The minimum absolute atomic E-state index is 0.0823. The molecule has 23 heavy (non-hydrogen) atoms. The Balaban J connectivity index is 1.64. The van der Waals surface area contributed by atoms with Gasteiger partial charge >= 0.3 is 0 Å². The van der Waals surface area contributed by atoms with Gasteiger partial charge in [-0.25, -0.2) is 0 Å². The maximum absolute atomic E-state index is 12.1. The number of aryl methyl sites for hydroxylation is 1. The molecule has 1 N–H and O–H groups in total. The molecule has 1 atom stereocenters. The van der Waals surface area contributed by atoms with Gasteiger partial charge in [-0.3, -0.25) is 9.59 Å². The second-order valence-electron chi connectivity index (χ2n) is 5.68. The van der Waals surface area contributed by atoms with Gasteiger partial charge in [-0.05, 0) is 31.0 Å². The Labute approximate surface area is 134 Å². The predicted molar refractivity (Wildman–Crippen MR) is 86.7 cm³/mol. The number of carbonyl (C=O) groups is 1. The molecule has 0 spiro atoms. The number of hydrogen-bond donors (Lipinski definition) is 1. The van der Waals surface area contributed by atoms with Crippen LogP contribution in [-0.2, 0) is 16.6 Å². The van der Waals surface area contributed by atoms with Gasteiger partial charge in [0.25, 0.3) is 11.5 Å². The zero-order valence-corrected chi connectivity index (χ0v) is 13.1. The smallest absolute Gasteiger partial charge is 0.258 e. The number of rotatable bonds is 5. The highest BCUT2D eigenvalue weighted by atomic mass is 16.5. The number of fused-ring (bicyclic) bond motifs is 1. The number of aromatic nitrogens is 1. The summed E-state index contributed by atoms with van der Waals surface area (Å²) in [6, 6.07) is 7.08. The lowest BCUT2D eigenvalue weighted by atomic mass is 10.1. The van der Waals surface area contributed by atoms with E-state index in [1.807, 2.05) is 6.07 Å². The first-order valence-corrected chi connectivity index (χ1v) is 7.74. The van der Waals surface area contributed by atoms with E-state index >= 15 is 0 Å². The van der Waals surface area contributed by atoms with E-state index in [9.17, 15) is 9.59 Å². The van der Waals surface area contributed by atoms with Gasteiger partial charge in [-0.2, -0.15) is 0 Å². The summed E-state index contributed by atoms with van der Waals surface area (Å²) < 4.78 is 12.6. The number of nitrogens with one attached hydrogen (secondary N) is 1. The maximum Gasteiger partial charge on any atom is 0.258 e. The van der Waals surface area contributed by atoms with Crippen LogP contribution >= 0.6 is 0 Å². The Morgan fingerprint density at radius 3 is 3.04 bits per heavy atom. The molecule has 0 aliphatic carbocycles. The Morgan fingerprint density at radius 2 is 2.26 bits per heavy atom. The lowest BCUT2D eigenvalue weighted by Gasteiger charge is -2.12. The van der Waals surface area contributed by atoms with E-state index < -0.39 is 0 Å². The van der Waals surface area contributed by atoms with Crippen LogP contribution < -0.4 is 15.6 Å². The molecule has 122 valence electrons. The summed E-state index contributed by atoms with van der Waals surface area (Å²) in [6.07, 6.45) is 3.82. The molecule has 6 nitrogen and oxygen atoms in total. The van der Waals surface area contributed by atoms with Crippen molar-refractivity contribution in [2.75, 3.05) is 19.8 Å². The standard InChI is InChI=1S/C17H20N2O4/c1-19-8-7-13-14(17(19)21)5-2-6-15(13)23-11-16(20)18-10-12-4-3-9-22-12/h2,5-8,12H,3-4,9-11H2,1H3,(H,18,20). The zero-order chi connectivity index (χ0) is 16.2. The third-order valence-electron chi connectivity index (χ3n) is 3.99. The van der Waals surface area contributed by atoms with Crippen molar-refractivity contribution in [2.24, 2.45) is 7.05 Å². The van der Waals surface area contributed by atoms with Crippen LogP contribution in [0.4, 0.5) is 0 Å². The van der Waals surface area contributed by atoms with Crippen molar-refractivity contribution in [1.82, 2.24) is 9.88 Å². The van der Waals surface area contributed by atoms with E-state index in [0.29, 0.717) is 23.1 Å². The summed E-state index contributed by atoms with van der Waals surface area (Å²) in [5.74, 6) is 0.341. The molecule has 1 aromatic carbocycles. The minimum Gasteiger partial charge on any atom is -0.483 e. The first-order chi connectivity index (χ1) is 11.1. The Hall–Kier alpha value is -2.34. The van der Waals surface area contributed by atoms with Crippen molar-refractivity contribution in [1.29, 1.82) is 0 Å². The highest BCUT2D eigenvalue weighted by Crippen LogP contribution is 2.22. The van der Waals surface area contributed by atoms with Crippen LogP contribution in [0.25, 0.3) is 10.8 Å². The van der Waals surface area contributed by atoms with Crippen molar-refractivity contribution < 1.29 is 14.3 Å². The van der Waals surface area contributed by atoms with E-state index in [1.54, 1.807) is 31.4 Å². The maximum atomic E-state index is 12.1. The Morgan fingerprint density at radius 1 is 1.39 bits per heavy atom. The van der Waals surface area contributed by atoms with Gasteiger partial charge in [-0.1, -0.05) is 6.07 Å². The fourth-order valence-corrected chi connectivity index (χ4v) is 2.70. The van der Waals surface area contributed by atoms with Crippen LogP contribution in [0, 0.1) is 0 Å². The van der Waals surface area contributed by atoms with Crippen LogP contribution in [0.15, 0.2) is 35.3 Å². The number of nitrogens with zero attached hydrogens (tertiary/aromatic N) is 1. The molecule has 1 saturated heterocycles. The molecule has 1 aliphatic rings. The number of ether oxygens (including phenoxy) is 2. The summed E-state index contributed by atoms with van der Waals surface area (Å²) in [4.78, 5) is 24.0. The van der Waals surface area contributed by atoms with E-state index in [1.165, 1.54) is 4.57 Å². The van der Waals surface area contributed by atoms with Crippen molar-refractivity contribution in [2.45, 2.75) is 18.9 Å². The van der Waals surface area contributed by atoms with E-state index in [-0.39, 0.29) is 24.2 Å². The first kappa shape index (κ1) is 15.6.